The van der Waals surface area contributed by atoms with E-state index in [1.165, 1.54) is 0 Å². The fourth-order valence-corrected chi connectivity index (χ4v) is 2.10. The Bertz CT molecular complexity index is 304. The summed E-state index contributed by atoms with van der Waals surface area (Å²) in [6.45, 7) is 6.13. The maximum Gasteiger partial charge on any atom is 0.133 e. The van der Waals surface area contributed by atoms with E-state index in [9.17, 15) is 4.79 Å². The third kappa shape index (κ3) is 4.01. The lowest BCUT2D eigenvalue weighted by molar-refractivity contribution is -0.119. The molecule has 0 radical (unpaired) electrons. The molecule has 1 aromatic rings. The molecule has 0 aromatic carbocycles. The summed E-state index contributed by atoms with van der Waals surface area (Å²) in [4.78, 5) is 15.7. The molecule has 0 fully saturated rings. The summed E-state index contributed by atoms with van der Waals surface area (Å²) in [7, 11) is 0. The molecule has 1 heterocycles. The average molecular weight is 211 g/mol. The van der Waals surface area contributed by atoms with E-state index in [1.54, 1.807) is 11.3 Å². The number of carbonyl (C=O) groups is 1. The molecular weight excluding hydrogens is 194 g/mol. The molecule has 3 heteroatoms. The topological polar surface area (TPSA) is 30.0 Å². The molecule has 0 bridgehead atoms. The van der Waals surface area contributed by atoms with E-state index in [-0.39, 0.29) is 0 Å². The first kappa shape index (κ1) is 11.4. The van der Waals surface area contributed by atoms with Crippen molar-refractivity contribution in [1.82, 2.24) is 4.98 Å². The minimum Gasteiger partial charge on any atom is -0.300 e. The molecule has 0 aliphatic rings. The van der Waals surface area contributed by atoms with Crippen molar-refractivity contribution in [3.8, 4) is 0 Å². The SMILES string of the molecule is Cc1csc(CCC(=O)CC(C)C)n1. The van der Waals surface area contributed by atoms with E-state index in [1.807, 2.05) is 12.3 Å². The zero-order valence-electron chi connectivity index (χ0n) is 9.04. The summed E-state index contributed by atoms with van der Waals surface area (Å²) >= 11 is 1.65. The molecule has 78 valence electrons. The number of hydrogen-bond acceptors (Lipinski definition) is 3. The minimum absolute atomic E-state index is 0.354. The van der Waals surface area contributed by atoms with Crippen LogP contribution in [0.2, 0.25) is 0 Å². The van der Waals surface area contributed by atoms with Gasteiger partial charge in [0.2, 0.25) is 0 Å². The van der Waals surface area contributed by atoms with Gasteiger partial charge in [0.05, 0.1) is 5.01 Å². The standard InChI is InChI=1S/C11H17NOS/c1-8(2)6-10(13)4-5-11-12-9(3)7-14-11/h7-8H,4-6H2,1-3H3. The predicted molar refractivity (Wildman–Crippen MR) is 59.6 cm³/mol. The van der Waals surface area contributed by atoms with Crippen molar-refractivity contribution in [2.45, 2.75) is 40.0 Å². The second-order valence-electron chi connectivity index (χ2n) is 4.02. The van der Waals surface area contributed by atoms with Crippen LogP contribution in [-0.4, -0.2) is 10.8 Å². The van der Waals surface area contributed by atoms with Crippen LogP contribution in [0.1, 0.15) is 37.4 Å². The number of aromatic nitrogens is 1. The molecule has 0 saturated carbocycles. The molecule has 1 rings (SSSR count). The smallest absolute Gasteiger partial charge is 0.133 e. The van der Waals surface area contributed by atoms with Crippen molar-refractivity contribution in [3.05, 3.63) is 16.1 Å². The van der Waals surface area contributed by atoms with Gasteiger partial charge in [-0.3, -0.25) is 4.79 Å². The normalized spacial score (nSPS) is 10.9. The molecule has 0 atom stereocenters. The van der Waals surface area contributed by atoms with Crippen molar-refractivity contribution in [2.75, 3.05) is 0 Å². The number of thiazole rings is 1. The molecule has 14 heavy (non-hydrogen) atoms. The Morgan fingerprint density at radius 1 is 1.57 bits per heavy atom. The highest BCUT2D eigenvalue weighted by molar-refractivity contribution is 7.09. The maximum absolute atomic E-state index is 11.4. The molecule has 0 N–H and O–H groups in total. The first-order valence-electron chi connectivity index (χ1n) is 5.00. The van der Waals surface area contributed by atoms with Gasteiger partial charge < -0.3 is 0 Å². The molecule has 1 aromatic heterocycles. The van der Waals surface area contributed by atoms with Gasteiger partial charge in [-0.15, -0.1) is 11.3 Å². The fourth-order valence-electron chi connectivity index (χ4n) is 1.32. The number of hydrogen-bond donors (Lipinski definition) is 0. The Morgan fingerprint density at radius 2 is 2.29 bits per heavy atom. The zero-order valence-corrected chi connectivity index (χ0v) is 9.86. The number of carbonyl (C=O) groups excluding carboxylic acids is 1. The van der Waals surface area contributed by atoms with E-state index in [2.05, 4.69) is 18.8 Å². The molecule has 0 amide bonds. The largest absolute Gasteiger partial charge is 0.300 e. The molecule has 0 spiro atoms. The van der Waals surface area contributed by atoms with Crippen LogP contribution >= 0.6 is 11.3 Å². The minimum atomic E-state index is 0.354. The Kier molecular flexibility index (Phi) is 4.26. The molecular formula is C11H17NOS. The zero-order chi connectivity index (χ0) is 10.6. The van der Waals surface area contributed by atoms with Gasteiger partial charge in [-0.2, -0.15) is 0 Å². The van der Waals surface area contributed by atoms with Crippen LogP contribution in [-0.2, 0) is 11.2 Å². The number of nitrogens with zero attached hydrogens (tertiary/aromatic N) is 1. The van der Waals surface area contributed by atoms with Crippen LogP contribution in [0.5, 0.6) is 0 Å². The van der Waals surface area contributed by atoms with Gasteiger partial charge in [-0.25, -0.2) is 4.98 Å². The van der Waals surface area contributed by atoms with E-state index >= 15 is 0 Å². The summed E-state index contributed by atoms with van der Waals surface area (Å²) in [6.07, 6.45) is 2.15. The molecule has 0 aliphatic heterocycles. The van der Waals surface area contributed by atoms with Gasteiger partial charge in [0.25, 0.3) is 0 Å². The van der Waals surface area contributed by atoms with Gasteiger partial charge in [0.15, 0.2) is 0 Å². The van der Waals surface area contributed by atoms with Crippen LogP contribution in [0.3, 0.4) is 0 Å². The van der Waals surface area contributed by atoms with E-state index < -0.39 is 0 Å². The first-order valence-corrected chi connectivity index (χ1v) is 5.88. The lowest BCUT2D eigenvalue weighted by Gasteiger charge is -2.01. The van der Waals surface area contributed by atoms with Crippen molar-refractivity contribution >= 4 is 17.1 Å². The fraction of sp³-hybridized carbons (Fsp3) is 0.636. The molecule has 0 aliphatic carbocycles. The summed E-state index contributed by atoms with van der Waals surface area (Å²) in [5.41, 5.74) is 1.06. The summed E-state index contributed by atoms with van der Waals surface area (Å²) in [5.74, 6) is 0.827. The van der Waals surface area contributed by atoms with Gasteiger partial charge in [-0.1, -0.05) is 13.8 Å². The summed E-state index contributed by atoms with van der Waals surface area (Å²) in [6, 6.07) is 0. The van der Waals surface area contributed by atoms with Gasteiger partial charge in [-0.05, 0) is 12.8 Å². The predicted octanol–water partition coefficient (Wildman–Crippen LogP) is 3.00. The molecule has 0 saturated heterocycles. The number of aryl methyl sites for hydroxylation is 2. The van der Waals surface area contributed by atoms with Gasteiger partial charge in [0, 0.05) is 30.3 Å². The third-order valence-corrected chi connectivity index (χ3v) is 2.95. The maximum atomic E-state index is 11.4. The second kappa shape index (κ2) is 5.25. The quantitative estimate of drug-likeness (QED) is 0.749. The third-order valence-electron chi connectivity index (χ3n) is 1.92. The Balaban J connectivity index is 2.30. The number of rotatable bonds is 5. The van der Waals surface area contributed by atoms with Gasteiger partial charge in [0.1, 0.15) is 5.78 Å². The number of Topliss-reactive ketones (excluding diaryl/α,β-unsaturated/α-hetero) is 1. The summed E-state index contributed by atoms with van der Waals surface area (Å²) in [5, 5.41) is 3.11. The summed E-state index contributed by atoms with van der Waals surface area (Å²) < 4.78 is 0. The molecule has 0 unspecified atom stereocenters. The molecule has 2 nitrogen and oxygen atoms in total. The average Bonchev–Trinajstić information content (AvgIpc) is 2.47. The van der Waals surface area contributed by atoms with Crippen LogP contribution in [0.15, 0.2) is 5.38 Å². The Labute approximate surface area is 89.4 Å². The monoisotopic (exact) mass is 211 g/mol. The van der Waals surface area contributed by atoms with Crippen LogP contribution in [0.25, 0.3) is 0 Å². The Morgan fingerprint density at radius 3 is 2.79 bits per heavy atom. The van der Waals surface area contributed by atoms with Crippen LogP contribution in [0, 0.1) is 12.8 Å². The first-order chi connectivity index (χ1) is 6.58. The van der Waals surface area contributed by atoms with Crippen LogP contribution in [0.4, 0.5) is 0 Å². The highest BCUT2D eigenvalue weighted by Gasteiger charge is 2.06. The van der Waals surface area contributed by atoms with Crippen molar-refractivity contribution < 1.29 is 4.79 Å². The second-order valence-corrected chi connectivity index (χ2v) is 4.96. The van der Waals surface area contributed by atoms with E-state index in [0.717, 1.165) is 17.1 Å². The Hall–Kier alpha value is -0.700. The van der Waals surface area contributed by atoms with Crippen molar-refractivity contribution in [2.24, 2.45) is 5.92 Å². The highest BCUT2D eigenvalue weighted by atomic mass is 32.1. The van der Waals surface area contributed by atoms with E-state index in [0.29, 0.717) is 24.5 Å². The van der Waals surface area contributed by atoms with Gasteiger partial charge >= 0.3 is 0 Å². The number of ketones is 1. The van der Waals surface area contributed by atoms with Crippen LogP contribution < -0.4 is 0 Å². The highest BCUT2D eigenvalue weighted by Crippen LogP contribution is 2.12. The van der Waals surface area contributed by atoms with Crippen molar-refractivity contribution in [1.29, 1.82) is 0 Å². The lowest BCUT2D eigenvalue weighted by atomic mass is 10.0. The van der Waals surface area contributed by atoms with Crippen molar-refractivity contribution in [3.63, 3.8) is 0 Å². The lowest BCUT2D eigenvalue weighted by Crippen LogP contribution is -2.04. The van der Waals surface area contributed by atoms with E-state index in [4.69, 9.17) is 0 Å².